The summed E-state index contributed by atoms with van der Waals surface area (Å²) in [6.45, 7) is -0.279. The number of carbonyl (C=O) groups is 2. The van der Waals surface area contributed by atoms with Gasteiger partial charge in [0, 0.05) is 24.1 Å². The lowest BCUT2D eigenvalue weighted by atomic mass is 10.1. The highest BCUT2D eigenvalue weighted by Gasteiger charge is 2.13. The Balaban J connectivity index is 2.06. The van der Waals surface area contributed by atoms with Crippen LogP contribution in [0.5, 0.6) is 5.75 Å². The molecule has 2 aromatic rings. The van der Waals surface area contributed by atoms with Gasteiger partial charge in [0.1, 0.15) is 11.3 Å². The van der Waals surface area contributed by atoms with E-state index >= 15 is 0 Å². The molecule has 1 aromatic heterocycles. The highest BCUT2D eigenvalue weighted by molar-refractivity contribution is 5.87. The number of rotatable bonds is 5. The lowest BCUT2D eigenvalue weighted by Crippen LogP contribution is -2.25. The second kappa shape index (κ2) is 6.10. The molecule has 0 spiro atoms. The van der Waals surface area contributed by atoms with Gasteiger partial charge in [-0.2, -0.15) is 0 Å². The maximum absolute atomic E-state index is 11.6. The van der Waals surface area contributed by atoms with Gasteiger partial charge in [-0.15, -0.1) is 0 Å². The lowest BCUT2D eigenvalue weighted by molar-refractivity contribution is -0.147. The van der Waals surface area contributed by atoms with Gasteiger partial charge in [0.05, 0.1) is 19.8 Å². The number of likely N-dealkylation sites (N-methyl/N-ethyl adjacent to an activating group) is 1. The zero-order valence-corrected chi connectivity index (χ0v) is 11.3. The van der Waals surface area contributed by atoms with E-state index in [1.165, 1.54) is 13.3 Å². The predicted molar refractivity (Wildman–Crippen MR) is 71.5 cm³/mol. The van der Waals surface area contributed by atoms with E-state index in [9.17, 15) is 9.59 Å². The third-order valence-electron chi connectivity index (χ3n) is 2.84. The van der Waals surface area contributed by atoms with Crippen LogP contribution >= 0.6 is 0 Å². The molecule has 0 aliphatic carbocycles. The molecule has 0 radical (unpaired) electrons. The molecule has 0 fully saturated rings. The number of amides is 1. The van der Waals surface area contributed by atoms with Crippen LogP contribution in [-0.2, 0) is 20.7 Å². The second-order valence-electron chi connectivity index (χ2n) is 4.13. The Morgan fingerprint density at radius 2 is 2.15 bits per heavy atom. The summed E-state index contributed by atoms with van der Waals surface area (Å²) < 4.78 is 15.3. The zero-order chi connectivity index (χ0) is 14.5. The molecule has 106 valence electrons. The highest BCUT2D eigenvalue weighted by atomic mass is 16.5. The molecule has 0 aliphatic rings. The van der Waals surface area contributed by atoms with Gasteiger partial charge in [-0.25, -0.2) is 0 Å². The minimum atomic E-state index is -0.480. The van der Waals surface area contributed by atoms with Gasteiger partial charge in [-0.05, 0) is 12.1 Å². The van der Waals surface area contributed by atoms with E-state index in [0.717, 1.165) is 5.39 Å². The van der Waals surface area contributed by atoms with E-state index in [0.29, 0.717) is 16.9 Å². The van der Waals surface area contributed by atoms with Crippen LogP contribution in [0, 0.1) is 0 Å². The number of esters is 1. The Kier molecular flexibility index (Phi) is 4.24. The first-order valence-electron chi connectivity index (χ1n) is 6.04. The van der Waals surface area contributed by atoms with Crippen LogP contribution in [-0.4, -0.2) is 32.6 Å². The van der Waals surface area contributed by atoms with E-state index in [-0.39, 0.29) is 18.9 Å². The van der Waals surface area contributed by atoms with Gasteiger partial charge in [-0.3, -0.25) is 9.59 Å². The van der Waals surface area contributed by atoms with Crippen molar-refractivity contribution in [3.63, 3.8) is 0 Å². The van der Waals surface area contributed by atoms with Crippen LogP contribution in [0.2, 0.25) is 0 Å². The second-order valence-corrected chi connectivity index (χ2v) is 4.13. The van der Waals surface area contributed by atoms with E-state index < -0.39 is 5.97 Å². The van der Waals surface area contributed by atoms with E-state index in [1.807, 2.05) is 6.07 Å². The molecule has 20 heavy (non-hydrogen) atoms. The summed E-state index contributed by atoms with van der Waals surface area (Å²) in [4.78, 5) is 22.6. The van der Waals surface area contributed by atoms with Crippen molar-refractivity contribution in [1.29, 1.82) is 0 Å². The van der Waals surface area contributed by atoms with Crippen molar-refractivity contribution < 1.29 is 23.5 Å². The Bertz CT molecular complexity index is 632. The average molecular weight is 277 g/mol. The summed E-state index contributed by atoms with van der Waals surface area (Å²) in [5.74, 6) is -0.146. The van der Waals surface area contributed by atoms with Gasteiger partial charge in [0.2, 0.25) is 0 Å². The molecule has 0 saturated heterocycles. The summed E-state index contributed by atoms with van der Waals surface area (Å²) in [7, 11) is 3.05. The number of hydrogen-bond donors (Lipinski definition) is 1. The molecule has 0 aliphatic heterocycles. The topological polar surface area (TPSA) is 77.8 Å². The number of methoxy groups -OCH3 is 1. The Labute approximate surface area is 115 Å². The first-order valence-corrected chi connectivity index (χ1v) is 6.04. The summed E-state index contributed by atoms with van der Waals surface area (Å²) in [5.41, 5.74) is 1.35. The van der Waals surface area contributed by atoms with Crippen LogP contribution in [0.25, 0.3) is 11.0 Å². The Morgan fingerprint density at radius 1 is 1.35 bits per heavy atom. The monoisotopic (exact) mass is 277 g/mol. The average Bonchev–Trinajstić information content (AvgIpc) is 2.86. The first-order chi connectivity index (χ1) is 9.63. The molecule has 0 unspecified atom stereocenters. The molecular weight excluding hydrogens is 262 g/mol. The molecule has 1 aromatic carbocycles. The summed E-state index contributed by atoms with van der Waals surface area (Å²) in [6.07, 6.45) is 1.56. The standard InChI is InChI=1S/C14H15NO5/c1-15-13(16)8-20-14(17)5-9-7-19-12-6-10(18-2)3-4-11(9)12/h3-4,6-7H,5,8H2,1-2H3,(H,15,16). The van der Waals surface area contributed by atoms with E-state index in [2.05, 4.69) is 5.32 Å². The van der Waals surface area contributed by atoms with Crippen LogP contribution in [0.3, 0.4) is 0 Å². The first kappa shape index (κ1) is 13.9. The fraction of sp³-hybridized carbons (Fsp3) is 0.286. The van der Waals surface area contributed by atoms with E-state index in [1.54, 1.807) is 19.2 Å². The third-order valence-corrected chi connectivity index (χ3v) is 2.84. The molecule has 0 bridgehead atoms. The van der Waals surface area contributed by atoms with Crippen LogP contribution < -0.4 is 10.1 Å². The minimum Gasteiger partial charge on any atom is -0.497 e. The van der Waals surface area contributed by atoms with E-state index in [4.69, 9.17) is 13.9 Å². The van der Waals surface area contributed by atoms with Crippen molar-refractivity contribution in [2.24, 2.45) is 0 Å². The summed E-state index contributed by atoms with van der Waals surface area (Å²) in [5, 5.41) is 3.19. The minimum absolute atomic E-state index is 0.0519. The van der Waals surface area contributed by atoms with Gasteiger partial charge in [0.15, 0.2) is 6.61 Å². The zero-order valence-electron chi connectivity index (χ0n) is 11.3. The Morgan fingerprint density at radius 3 is 2.85 bits per heavy atom. The van der Waals surface area contributed by atoms with Crippen molar-refractivity contribution in [2.45, 2.75) is 6.42 Å². The largest absolute Gasteiger partial charge is 0.497 e. The van der Waals surface area contributed by atoms with Gasteiger partial charge in [-0.1, -0.05) is 0 Å². The van der Waals surface area contributed by atoms with Gasteiger partial charge >= 0.3 is 5.97 Å². The third kappa shape index (κ3) is 3.09. The Hall–Kier alpha value is -2.50. The number of ether oxygens (including phenoxy) is 2. The highest BCUT2D eigenvalue weighted by Crippen LogP contribution is 2.25. The SMILES string of the molecule is CNC(=O)COC(=O)Cc1coc2cc(OC)ccc12. The van der Waals surface area contributed by atoms with Crippen LogP contribution in [0.15, 0.2) is 28.9 Å². The van der Waals surface area contributed by atoms with Crippen molar-refractivity contribution in [3.8, 4) is 5.75 Å². The number of furan rings is 1. The van der Waals surface area contributed by atoms with Gasteiger partial charge in [0.25, 0.3) is 5.91 Å². The summed E-state index contributed by atoms with van der Waals surface area (Å²) >= 11 is 0. The summed E-state index contributed by atoms with van der Waals surface area (Å²) in [6, 6.07) is 5.35. The molecular formula is C14H15NO5. The number of benzene rings is 1. The van der Waals surface area contributed by atoms with Crippen molar-refractivity contribution in [1.82, 2.24) is 5.32 Å². The van der Waals surface area contributed by atoms with Crippen molar-refractivity contribution in [2.75, 3.05) is 20.8 Å². The number of hydrogen-bond acceptors (Lipinski definition) is 5. The van der Waals surface area contributed by atoms with Crippen LogP contribution in [0.1, 0.15) is 5.56 Å². The molecule has 0 atom stereocenters. The number of carbonyl (C=O) groups excluding carboxylic acids is 2. The van der Waals surface area contributed by atoms with Crippen molar-refractivity contribution in [3.05, 3.63) is 30.0 Å². The van der Waals surface area contributed by atoms with Crippen molar-refractivity contribution >= 4 is 22.8 Å². The quantitative estimate of drug-likeness (QED) is 0.833. The molecule has 1 N–H and O–H groups in total. The lowest BCUT2D eigenvalue weighted by Gasteiger charge is -2.03. The number of nitrogens with one attached hydrogen (secondary N) is 1. The molecule has 2 rings (SSSR count). The molecule has 6 nitrogen and oxygen atoms in total. The predicted octanol–water partition coefficient (Wildman–Crippen LogP) is 1.27. The maximum atomic E-state index is 11.6. The fourth-order valence-corrected chi connectivity index (χ4v) is 1.75. The fourth-order valence-electron chi connectivity index (χ4n) is 1.75. The number of fused-ring (bicyclic) bond motifs is 1. The molecule has 6 heteroatoms. The smallest absolute Gasteiger partial charge is 0.310 e. The normalized spacial score (nSPS) is 10.3. The molecule has 0 saturated carbocycles. The van der Waals surface area contributed by atoms with Crippen LogP contribution in [0.4, 0.5) is 0 Å². The van der Waals surface area contributed by atoms with Gasteiger partial charge < -0.3 is 19.2 Å². The molecule has 1 heterocycles. The molecule has 1 amide bonds. The maximum Gasteiger partial charge on any atom is 0.310 e.